The van der Waals surface area contributed by atoms with E-state index in [-0.39, 0.29) is 11.0 Å². The second-order valence-electron chi connectivity index (χ2n) is 8.36. The highest BCUT2D eigenvalue weighted by atomic mass is 35.5. The van der Waals surface area contributed by atoms with Crippen molar-refractivity contribution in [2.75, 3.05) is 0 Å². The SMILES string of the molecule is Cc1cccc(-c2nc3nc(C(C)(C)C)[nH]c(=O)c3cc2-c2ccc(Cl)cc2)c1Cl. The largest absolute Gasteiger partial charge is 0.309 e. The monoisotopic (exact) mass is 437 g/mol. The smallest absolute Gasteiger partial charge is 0.260 e. The van der Waals surface area contributed by atoms with Crippen molar-refractivity contribution in [2.45, 2.75) is 33.1 Å². The maximum Gasteiger partial charge on any atom is 0.260 e. The fraction of sp³-hybridized carbons (Fsp3) is 0.208. The number of nitrogens with zero attached hydrogens (tertiary/aromatic N) is 2. The van der Waals surface area contributed by atoms with Crippen LogP contribution in [0.25, 0.3) is 33.4 Å². The molecule has 0 atom stereocenters. The van der Waals surface area contributed by atoms with Gasteiger partial charge in [-0.3, -0.25) is 4.79 Å². The van der Waals surface area contributed by atoms with Gasteiger partial charge in [0.25, 0.3) is 5.56 Å². The van der Waals surface area contributed by atoms with E-state index in [1.54, 1.807) is 0 Å². The van der Waals surface area contributed by atoms with E-state index < -0.39 is 0 Å². The van der Waals surface area contributed by atoms with E-state index in [2.05, 4.69) is 9.97 Å². The van der Waals surface area contributed by atoms with E-state index in [1.807, 2.05) is 76.2 Å². The fourth-order valence-electron chi connectivity index (χ4n) is 3.30. The number of aryl methyl sites for hydroxylation is 1. The van der Waals surface area contributed by atoms with Gasteiger partial charge in [0.05, 0.1) is 16.1 Å². The van der Waals surface area contributed by atoms with Crippen molar-refractivity contribution in [1.82, 2.24) is 15.0 Å². The Bertz CT molecular complexity index is 1320. The Morgan fingerprint density at radius 1 is 0.933 bits per heavy atom. The van der Waals surface area contributed by atoms with Gasteiger partial charge in [-0.25, -0.2) is 9.97 Å². The molecular formula is C24H21Cl2N3O. The van der Waals surface area contributed by atoms with Crippen molar-refractivity contribution >= 4 is 34.2 Å². The van der Waals surface area contributed by atoms with Crippen molar-refractivity contribution in [2.24, 2.45) is 0 Å². The number of aromatic nitrogens is 3. The molecule has 30 heavy (non-hydrogen) atoms. The maximum atomic E-state index is 12.9. The van der Waals surface area contributed by atoms with Gasteiger partial charge >= 0.3 is 0 Å². The number of fused-ring (bicyclic) bond motifs is 1. The summed E-state index contributed by atoms with van der Waals surface area (Å²) < 4.78 is 0. The van der Waals surface area contributed by atoms with Crippen LogP contribution < -0.4 is 5.56 Å². The van der Waals surface area contributed by atoms with Crippen molar-refractivity contribution in [3.05, 3.63) is 80.3 Å². The van der Waals surface area contributed by atoms with Gasteiger partial charge < -0.3 is 4.98 Å². The zero-order valence-corrected chi connectivity index (χ0v) is 18.7. The van der Waals surface area contributed by atoms with Crippen LogP contribution in [0.2, 0.25) is 10.0 Å². The summed E-state index contributed by atoms with van der Waals surface area (Å²) in [6, 6.07) is 15.1. The van der Waals surface area contributed by atoms with Crippen molar-refractivity contribution in [3.63, 3.8) is 0 Å². The zero-order valence-electron chi connectivity index (χ0n) is 17.2. The number of hydrogen-bond acceptors (Lipinski definition) is 3. The van der Waals surface area contributed by atoms with E-state index in [0.29, 0.717) is 32.6 Å². The van der Waals surface area contributed by atoms with Crippen LogP contribution in [0, 0.1) is 6.92 Å². The molecule has 4 rings (SSSR count). The minimum absolute atomic E-state index is 0.213. The maximum absolute atomic E-state index is 12.9. The van der Waals surface area contributed by atoms with Crippen LogP contribution in [0.1, 0.15) is 32.2 Å². The van der Waals surface area contributed by atoms with E-state index in [4.69, 9.17) is 28.2 Å². The van der Waals surface area contributed by atoms with Gasteiger partial charge in [-0.1, -0.05) is 74.3 Å². The Hall–Kier alpha value is -2.69. The Morgan fingerprint density at radius 3 is 2.30 bits per heavy atom. The number of benzene rings is 2. The van der Waals surface area contributed by atoms with Crippen LogP contribution in [0.5, 0.6) is 0 Å². The lowest BCUT2D eigenvalue weighted by molar-refractivity contribution is 0.545. The summed E-state index contributed by atoms with van der Waals surface area (Å²) in [6.45, 7) is 7.95. The molecule has 4 aromatic rings. The summed E-state index contributed by atoms with van der Waals surface area (Å²) in [4.78, 5) is 25.3. The van der Waals surface area contributed by atoms with Crippen LogP contribution in [-0.2, 0) is 5.41 Å². The summed E-state index contributed by atoms with van der Waals surface area (Å²) in [5.41, 5.74) is 3.98. The van der Waals surface area contributed by atoms with Gasteiger partial charge in [0.15, 0.2) is 5.65 Å². The molecule has 152 valence electrons. The van der Waals surface area contributed by atoms with Crippen molar-refractivity contribution < 1.29 is 0 Å². The lowest BCUT2D eigenvalue weighted by atomic mass is 9.95. The van der Waals surface area contributed by atoms with Gasteiger partial charge in [-0.15, -0.1) is 0 Å². The highest BCUT2D eigenvalue weighted by molar-refractivity contribution is 6.34. The van der Waals surface area contributed by atoms with Crippen molar-refractivity contribution in [1.29, 1.82) is 0 Å². The quantitative estimate of drug-likeness (QED) is 0.385. The number of hydrogen-bond donors (Lipinski definition) is 1. The molecule has 2 aromatic carbocycles. The third kappa shape index (κ3) is 3.73. The highest BCUT2D eigenvalue weighted by Crippen LogP contribution is 2.37. The molecule has 0 unspecified atom stereocenters. The summed E-state index contributed by atoms with van der Waals surface area (Å²) in [5.74, 6) is 0.591. The van der Waals surface area contributed by atoms with E-state index in [1.165, 1.54) is 0 Å². The fourth-order valence-corrected chi connectivity index (χ4v) is 3.65. The normalized spacial score (nSPS) is 11.8. The molecule has 0 bridgehead atoms. The first-order chi connectivity index (χ1) is 14.1. The molecule has 0 fully saturated rings. The van der Waals surface area contributed by atoms with E-state index >= 15 is 0 Å². The summed E-state index contributed by atoms with van der Waals surface area (Å²) in [7, 11) is 0. The number of aromatic amines is 1. The number of H-pyrrole nitrogens is 1. The average Bonchev–Trinajstić information content (AvgIpc) is 2.69. The van der Waals surface area contributed by atoms with Gasteiger partial charge in [-0.2, -0.15) is 0 Å². The molecule has 2 aromatic heterocycles. The molecule has 0 aliphatic rings. The molecule has 0 saturated heterocycles. The first kappa shape index (κ1) is 20.6. The Balaban J connectivity index is 2.10. The highest BCUT2D eigenvalue weighted by Gasteiger charge is 2.21. The van der Waals surface area contributed by atoms with Crippen LogP contribution in [0.3, 0.4) is 0 Å². The molecule has 1 N–H and O–H groups in total. The van der Waals surface area contributed by atoms with Crippen LogP contribution >= 0.6 is 23.2 Å². The Kier molecular flexibility index (Phi) is 5.16. The molecule has 0 saturated carbocycles. The summed E-state index contributed by atoms with van der Waals surface area (Å²) in [6.07, 6.45) is 0. The lowest BCUT2D eigenvalue weighted by Gasteiger charge is -2.18. The van der Waals surface area contributed by atoms with Gasteiger partial charge in [0.1, 0.15) is 5.82 Å². The predicted molar refractivity (Wildman–Crippen MR) is 124 cm³/mol. The minimum Gasteiger partial charge on any atom is -0.309 e. The lowest BCUT2D eigenvalue weighted by Crippen LogP contribution is -2.22. The molecule has 2 heterocycles. The second-order valence-corrected chi connectivity index (χ2v) is 9.18. The molecule has 0 spiro atoms. The number of nitrogens with one attached hydrogen (secondary N) is 1. The third-order valence-electron chi connectivity index (χ3n) is 5.01. The summed E-state index contributed by atoms with van der Waals surface area (Å²) >= 11 is 12.7. The van der Waals surface area contributed by atoms with Crippen LogP contribution in [0.4, 0.5) is 0 Å². The first-order valence-corrected chi connectivity index (χ1v) is 10.4. The third-order valence-corrected chi connectivity index (χ3v) is 5.76. The first-order valence-electron chi connectivity index (χ1n) is 9.62. The standard InChI is InChI=1S/C24H21Cl2N3O/c1-13-6-5-7-16(19(13)26)20-17(14-8-10-15(25)11-9-14)12-18-21(27-20)28-23(24(2,3)4)29-22(18)30/h5-12H,1-4H3,(H,27,28,29,30). The topological polar surface area (TPSA) is 58.6 Å². The zero-order chi connectivity index (χ0) is 21.6. The average molecular weight is 438 g/mol. The molecule has 0 aliphatic carbocycles. The summed E-state index contributed by atoms with van der Waals surface area (Å²) in [5, 5.41) is 1.69. The van der Waals surface area contributed by atoms with Crippen molar-refractivity contribution in [3.8, 4) is 22.4 Å². The van der Waals surface area contributed by atoms with Gasteiger partial charge in [0.2, 0.25) is 0 Å². The van der Waals surface area contributed by atoms with Gasteiger partial charge in [-0.05, 0) is 36.2 Å². The molecular weight excluding hydrogens is 417 g/mol. The Labute approximate surface area is 184 Å². The van der Waals surface area contributed by atoms with Gasteiger partial charge in [0, 0.05) is 21.6 Å². The second kappa shape index (κ2) is 7.53. The molecule has 0 aliphatic heterocycles. The Morgan fingerprint density at radius 2 is 1.63 bits per heavy atom. The number of pyridine rings is 1. The van der Waals surface area contributed by atoms with E-state index in [9.17, 15) is 4.79 Å². The van der Waals surface area contributed by atoms with E-state index in [0.717, 1.165) is 22.3 Å². The molecule has 6 heteroatoms. The van der Waals surface area contributed by atoms with Crippen LogP contribution in [0.15, 0.2) is 53.3 Å². The number of halogens is 2. The number of rotatable bonds is 2. The predicted octanol–water partition coefficient (Wildman–Crippen LogP) is 6.56. The van der Waals surface area contributed by atoms with Crippen LogP contribution in [-0.4, -0.2) is 15.0 Å². The molecule has 0 radical (unpaired) electrons. The minimum atomic E-state index is -0.314. The molecule has 4 nitrogen and oxygen atoms in total. The molecule has 0 amide bonds.